The molecule has 0 radical (unpaired) electrons. The summed E-state index contributed by atoms with van der Waals surface area (Å²) in [5.41, 5.74) is 2.30. The van der Waals surface area contributed by atoms with Crippen LogP contribution in [0.5, 0.6) is 0 Å². The fraction of sp³-hybridized carbons (Fsp3) is 0.118. The third kappa shape index (κ3) is 2.79. The molecule has 1 atom stereocenters. The van der Waals surface area contributed by atoms with Gasteiger partial charge in [-0.1, -0.05) is 28.1 Å². The van der Waals surface area contributed by atoms with E-state index in [1.807, 2.05) is 49.4 Å². The van der Waals surface area contributed by atoms with Gasteiger partial charge in [0, 0.05) is 9.86 Å². The summed E-state index contributed by atoms with van der Waals surface area (Å²) in [6, 6.07) is 17.6. The van der Waals surface area contributed by atoms with Gasteiger partial charge in [0.05, 0.1) is 17.3 Å². The Hall–Kier alpha value is -2.25. The van der Waals surface area contributed by atoms with Crippen molar-refractivity contribution in [1.29, 1.82) is 5.26 Å². The SMILES string of the molecule is CC(Nc1ccccc1C#N)c1cc2cc(Br)ccc2o1. The Morgan fingerprint density at radius 3 is 2.81 bits per heavy atom. The van der Waals surface area contributed by atoms with Gasteiger partial charge in [0.25, 0.3) is 0 Å². The Bertz CT molecular complexity index is 832. The van der Waals surface area contributed by atoms with Crippen molar-refractivity contribution in [2.45, 2.75) is 13.0 Å². The van der Waals surface area contributed by atoms with Crippen LogP contribution in [0.25, 0.3) is 11.0 Å². The minimum Gasteiger partial charge on any atom is -0.459 e. The van der Waals surface area contributed by atoms with E-state index in [1.54, 1.807) is 6.07 Å². The number of nitrogens with one attached hydrogen (secondary N) is 1. The molecular formula is C17H13BrN2O. The van der Waals surface area contributed by atoms with Crippen molar-refractivity contribution in [3.05, 3.63) is 64.3 Å². The Morgan fingerprint density at radius 2 is 2.00 bits per heavy atom. The second kappa shape index (κ2) is 5.63. The second-order valence-corrected chi connectivity index (χ2v) is 5.77. The zero-order valence-corrected chi connectivity index (χ0v) is 13.0. The third-order valence-corrected chi connectivity index (χ3v) is 3.84. The van der Waals surface area contributed by atoms with Crippen LogP contribution in [0.3, 0.4) is 0 Å². The molecule has 0 saturated carbocycles. The van der Waals surface area contributed by atoms with Crippen molar-refractivity contribution < 1.29 is 4.42 Å². The molecule has 3 nitrogen and oxygen atoms in total. The van der Waals surface area contributed by atoms with Crippen LogP contribution in [-0.4, -0.2) is 0 Å². The number of nitrogens with zero attached hydrogens (tertiary/aromatic N) is 1. The lowest BCUT2D eigenvalue weighted by atomic mass is 10.1. The number of anilines is 1. The number of furan rings is 1. The standard InChI is InChI=1S/C17H13BrN2O/c1-11(20-15-5-3-2-4-12(15)10-19)17-9-13-8-14(18)6-7-16(13)21-17/h2-9,11,20H,1H3. The quantitative estimate of drug-likeness (QED) is 0.709. The minimum atomic E-state index is -0.0225. The number of nitriles is 1. The van der Waals surface area contributed by atoms with Crippen LogP contribution >= 0.6 is 15.9 Å². The average molecular weight is 341 g/mol. The fourth-order valence-electron chi connectivity index (χ4n) is 2.26. The summed E-state index contributed by atoms with van der Waals surface area (Å²) in [7, 11) is 0. The summed E-state index contributed by atoms with van der Waals surface area (Å²) in [5, 5.41) is 13.5. The number of fused-ring (bicyclic) bond motifs is 1. The molecule has 0 spiro atoms. The Labute approximate surface area is 131 Å². The molecule has 0 saturated heterocycles. The first-order valence-corrected chi connectivity index (χ1v) is 7.41. The molecule has 0 fully saturated rings. The minimum absolute atomic E-state index is 0.0225. The van der Waals surface area contributed by atoms with E-state index in [1.165, 1.54) is 0 Å². The van der Waals surface area contributed by atoms with Gasteiger partial charge in [0.15, 0.2) is 0 Å². The van der Waals surface area contributed by atoms with E-state index < -0.39 is 0 Å². The molecule has 0 amide bonds. The van der Waals surface area contributed by atoms with E-state index in [-0.39, 0.29) is 6.04 Å². The predicted molar refractivity (Wildman–Crippen MR) is 87.1 cm³/mol. The van der Waals surface area contributed by atoms with Crippen molar-refractivity contribution in [1.82, 2.24) is 0 Å². The molecule has 2 aromatic carbocycles. The lowest BCUT2D eigenvalue weighted by molar-refractivity contribution is 0.526. The van der Waals surface area contributed by atoms with Crippen molar-refractivity contribution in [2.24, 2.45) is 0 Å². The zero-order chi connectivity index (χ0) is 14.8. The lowest BCUT2D eigenvalue weighted by Gasteiger charge is -2.13. The topological polar surface area (TPSA) is 49.0 Å². The van der Waals surface area contributed by atoms with Crippen molar-refractivity contribution in [3.63, 3.8) is 0 Å². The Morgan fingerprint density at radius 1 is 1.19 bits per heavy atom. The highest BCUT2D eigenvalue weighted by atomic mass is 79.9. The molecule has 1 unspecified atom stereocenters. The maximum Gasteiger partial charge on any atom is 0.134 e. The van der Waals surface area contributed by atoms with Crippen molar-refractivity contribution >= 4 is 32.6 Å². The van der Waals surface area contributed by atoms with Gasteiger partial charge in [0.2, 0.25) is 0 Å². The highest BCUT2D eigenvalue weighted by molar-refractivity contribution is 9.10. The number of benzene rings is 2. The van der Waals surface area contributed by atoms with E-state index in [4.69, 9.17) is 9.68 Å². The van der Waals surface area contributed by atoms with Crippen LogP contribution in [-0.2, 0) is 0 Å². The van der Waals surface area contributed by atoms with Crippen molar-refractivity contribution in [2.75, 3.05) is 5.32 Å². The predicted octanol–water partition coefficient (Wildman–Crippen LogP) is 5.24. The number of halogens is 1. The van der Waals surface area contributed by atoms with Crippen LogP contribution < -0.4 is 5.32 Å². The monoisotopic (exact) mass is 340 g/mol. The molecule has 104 valence electrons. The summed E-state index contributed by atoms with van der Waals surface area (Å²) >= 11 is 3.46. The zero-order valence-electron chi connectivity index (χ0n) is 11.4. The van der Waals surface area contributed by atoms with Gasteiger partial charge in [-0.25, -0.2) is 0 Å². The lowest BCUT2D eigenvalue weighted by Crippen LogP contribution is -2.06. The van der Waals surface area contributed by atoms with Gasteiger partial charge in [0.1, 0.15) is 17.4 Å². The van der Waals surface area contributed by atoms with Crippen LogP contribution in [0.1, 0.15) is 24.3 Å². The fourth-order valence-corrected chi connectivity index (χ4v) is 2.64. The number of rotatable bonds is 3. The average Bonchev–Trinajstić information content (AvgIpc) is 2.91. The normalized spacial score (nSPS) is 12.0. The second-order valence-electron chi connectivity index (χ2n) is 4.85. The summed E-state index contributed by atoms with van der Waals surface area (Å²) in [5.74, 6) is 0.843. The first-order chi connectivity index (χ1) is 10.2. The number of para-hydroxylation sites is 1. The summed E-state index contributed by atoms with van der Waals surface area (Å²) in [6.45, 7) is 2.01. The molecule has 0 bridgehead atoms. The van der Waals surface area contributed by atoms with Crippen LogP contribution in [0.4, 0.5) is 5.69 Å². The third-order valence-electron chi connectivity index (χ3n) is 3.34. The molecular weight excluding hydrogens is 328 g/mol. The van der Waals surface area contributed by atoms with Crippen LogP contribution in [0.15, 0.2) is 57.4 Å². The molecule has 4 heteroatoms. The van der Waals surface area contributed by atoms with E-state index in [9.17, 15) is 0 Å². The molecule has 1 heterocycles. The van der Waals surface area contributed by atoms with Crippen LogP contribution in [0.2, 0.25) is 0 Å². The van der Waals surface area contributed by atoms with Gasteiger partial charge < -0.3 is 9.73 Å². The van der Waals surface area contributed by atoms with E-state index in [0.29, 0.717) is 5.56 Å². The largest absolute Gasteiger partial charge is 0.459 e. The molecule has 21 heavy (non-hydrogen) atoms. The van der Waals surface area contributed by atoms with Gasteiger partial charge in [-0.05, 0) is 43.3 Å². The smallest absolute Gasteiger partial charge is 0.134 e. The molecule has 0 aliphatic heterocycles. The van der Waals surface area contributed by atoms with Crippen molar-refractivity contribution in [3.8, 4) is 6.07 Å². The maximum atomic E-state index is 9.13. The molecule has 1 N–H and O–H groups in total. The van der Waals surface area contributed by atoms with Gasteiger partial charge >= 0.3 is 0 Å². The number of hydrogen-bond acceptors (Lipinski definition) is 3. The molecule has 0 aliphatic carbocycles. The highest BCUT2D eigenvalue weighted by Crippen LogP contribution is 2.29. The van der Waals surface area contributed by atoms with E-state index in [0.717, 1.165) is 26.9 Å². The highest BCUT2D eigenvalue weighted by Gasteiger charge is 2.13. The number of hydrogen-bond donors (Lipinski definition) is 1. The first kappa shape index (κ1) is 13.7. The summed E-state index contributed by atoms with van der Waals surface area (Å²) in [6.07, 6.45) is 0. The van der Waals surface area contributed by atoms with Gasteiger partial charge in [-0.2, -0.15) is 5.26 Å². The molecule has 1 aromatic heterocycles. The molecule has 3 rings (SSSR count). The van der Waals surface area contributed by atoms with Crippen LogP contribution in [0, 0.1) is 11.3 Å². The Kier molecular flexibility index (Phi) is 3.68. The van der Waals surface area contributed by atoms with E-state index >= 15 is 0 Å². The molecule has 0 aliphatic rings. The summed E-state index contributed by atoms with van der Waals surface area (Å²) in [4.78, 5) is 0. The van der Waals surface area contributed by atoms with Gasteiger partial charge in [-0.15, -0.1) is 0 Å². The maximum absolute atomic E-state index is 9.13. The molecule has 3 aromatic rings. The van der Waals surface area contributed by atoms with Gasteiger partial charge in [-0.3, -0.25) is 0 Å². The summed E-state index contributed by atoms with van der Waals surface area (Å²) < 4.78 is 6.89. The first-order valence-electron chi connectivity index (χ1n) is 6.62. The Balaban J connectivity index is 1.90. The van der Waals surface area contributed by atoms with E-state index in [2.05, 4.69) is 27.3 Å².